The number of ether oxygens (including phenoxy) is 2. The molecule has 1 heterocycles. The lowest BCUT2D eigenvalue weighted by atomic mass is 9.78. The van der Waals surface area contributed by atoms with E-state index in [0.29, 0.717) is 11.5 Å². The zero-order valence-corrected chi connectivity index (χ0v) is 14.7. The van der Waals surface area contributed by atoms with Gasteiger partial charge in [-0.1, -0.05) is 27.2 Å². The first-order chi connectivity index (χ1) is 10.5. The first kappa shape index (κ1) is 17.1. The lowest BCUT2D eigenvalue weighted by Crippen LogP contribution is -2.33. The Kier molecular flexibility index (Phi) is 5.74. The maximum Gasteiger partial charge on any atom is 0.122 e. The van der Waals surface area contributed by atoms with Crippen LogP contribution in [-0.4, -0.2) is 26.8 Å². The van der Waals surface area contributed by atoms with E-state index in [0.717, 1.165) is 30.4 Å². The SMILES string of the molecule is CCC1CNC(Cc2cc(OC)ccc2OC)CC(C)(C)C1. The number of hydrogen-bond acceptors (Lipinski definition) is 3. The summed E-state index contributed by atoms with van der Waals surface area (Å²) in [5, 5.41) is 3.78. The highest BCUT2D eigenvalue weighted by Gasteiger charge is 2.30. The fourth-order valence-corrected chi connectivity index (χ4v) is 3.75. The van der Waals surface area contributed by atoms with E-state index in [-0.39, 0.29) is 0 Å². The van der Waals surface area contributed by atoms with Crippen LogP contribution in [0.25, 0.3) is 0 Å². The fraction of sp³-hybridized carbons (Fsp3) is 0.684. The van der Waals surface area contributed by atoms with Crippen molar-refractivity contribution < 1.29 is 9.47 Å². The maximum absolute atomic E-state index is 5.53. The molecular weight excluding hydrogens is 274 g/mol. The molecule has 1 N–H and O–H groups in total. The summed E-state index contributed by atoms with van der Waals surface area (Å²) in [5.74, 6) is 2.64. The van der Waals surface area contributed by atoms with Crippen molar-refractivity contribution >= 4 is 0 Å². The topological polar surface area (TPSA) is 30.5 Å². The lowest BCUT2D eigenvalue weighted by Gasteiger charge is -2.28. The van der Waals surface area contributed by atoms with E-state index < -0.39 is 0 Å². The van der Waals surface area contributed by atoms with Crippen LogP contribution < -0.4 is 14.8 Å². The van der Waals surface area contributed by atoms with E-state index >= 15 is 0 Å². The quantitative estimate of drug-likeness (QED) is 0.890. The van der Waals surface area contributed by atoms with Gasteiger partial charge in [-0.3, -0.25) is 0 Å². The van der Waals surface area contributed by atoms with Gasteiger partial charge in [0.15, 0.2) is 0 Å². The summed E-state index contributed by atoms with van der Waals surface area (Å²) in [5.41, 5.74) is 1.62. The summed E-state index contributed by atoms with van der Waals surface area (Å²) in [6, 6.07) is 6.56. The van der Waals surface area contributed by atoms with Crippen LogP contribution in [-0.2, 0) is 6.42 Å². The van der Waals surface area contributed by atoms with Gasteiger partial charge >= 0.3 is 0 Å². The fourth-order valence-electron chi connectivity index (χ4n) is 3.75. The molecule has 1 aromatic rings. The van der Waals surface area contributed by atoms with Crippen molar-refractivity contribution in [2.45, 2.75) is 52.5 Å². The van der Waals surface area contributed by atoms with Crippen LogP contribution in [0.3, 0.4) is 0 Å². The van der Waals surface area contributed by atoms with E-state index in [2.05, 4.69) is 32.2 Å². The van der Waals surface area contributed by atoms with Gasteiger partial charge in [-0.2, -0.15) is 0 Å². The average molecular weight is 305 g/mol. The molecule has 0 bridgehead atoms. The van der Waals surface area contributed by atoms with E-state index in [1.807, 2.05) is 12.1 Å². The Bertz CT molecular complexity index is 484. The summed E-state index contributed by atoms with van der Waals surface area (Å²) in [6.45, 7) is 8.22. The van der Waals surface area contributed by atoms with Gasteiger partial charge in [0.2, 0.25) is 0 Å². The highest BCUT2D eigenvalue weighted by molar-refractivity contribution is 5.40. The molecule has 0 radical (unpaired) electrons. The molecule has 3 nitrogen and oxygen atoms in total. The molecule has 22 heavy (non-hydrogen) atoms. The molecule has 1 fully saturated rings. The molecule has 2 rings (SSSR count). The Morgan fingerprint density at radius 1 is 1.18 bits per heavy atom. The van der Waals surface area contributed by atoms with E-state index in [4.69, 9.17) is 9.47 Å². The van der Waals surface area contributed by atoms with Crippen molar-refractivity contribution in [2.75, 3.05) is 20.8 Å². The second-order valence-corrected chi connectivity index (χ2v) is 7.33. The van der Waals surface area contributed by atoms with Crippen molar-refractivity contribution in [3.8, 4) is 11.5 Å². The third-order valence-corrected chi connectivity index (χ3v) is 4.87. The Morgan fingerprint density at radius 3 is 2.59 bits per heavy atom. The molecule has 3 heteroatoms. The summed E-state index contributed by atoms with van der Waals surface area (Å²) >= 11 is 0. The van der Waals surface area contributed by atoms with E-state index in [1.165, 1.54) is 24.8 Å². The van der Waals surface area contributed by atoms with Gasteiger partial charge in [-0.15, -0.1) is 0 Å². The van der Waals surface area contributed by atoms with Gasteiger partial charge in [0.05, 0.1) is 14.2 Å². The number of benzene rings is 1. The summed E-state index contributed by atoms with van der Waals surface area (Å²) in [6.07, 6.45) is 4.75. The van der Waals surface area contributed by atoms with Crippen LogP contribution in [0.4, 0.5) is 0 Å². The molecule has 0 spiro atoms. The van der Waals surface area contributed by atoms with Crippen molar-refractivity contribution in [1.29, 1.82) is 0 Å². The number of hydrogen-bond donors (Lipinski definition) is 1. The minimum absolute atomic E-state index is 0.390. The number of nitrogens with one attached hydrogen (secondary N) is 1. The average Bonchev–Trinajstić information content (AvgIpc) is 2.64. The van der Waals surface area contributed by atoms with Gasteiger partial charge in [0.25, 0.3) is 0 Å². The van der Waals surface area contributed by atoms with Crippen LogP contribution in [0.15, 0.2) is 18.2 Å². The lowest BCUT2D eigenvalue weighted by molar-refractivity contribution is 0.258. The highest BCUT2D eigenvalue weighted by Crippen LogP contribution is 2.36. The number of rotatable bonds is 5. The Hall–Kier alpha value is -1.22. The second-order valence-electron chi connectivity index (χ2n) is 7.33. The minimum atomic E-state index is 0.390. The van der Waals surface area contributed by atoms with Gasteiger partial charge in [0, 0.05) is 6.04 Å². The summed E-state index contributed by atoms with van der Waals surface area (Å²) < 4.78 is 10.9. The monoisotopic (exact) mass is 305 g/mol. The highest BCUT2D eigenvalue weighted by atomic mass is 16.5. The van der Waals surface area contributed by atoms with Gasteiger partial charge in [0.1, 0.15) is 11.5 Å². The molecular formula is C19H31NO2. The first-order valence-corrected chi connectivity index (χ1v) is 8.41. The van der Waals surface area contributed by atoms with Crippen molar-refractivity contribution in [3.05, 3.63) is 23.8 Å². The third-order valence-electron chi connectivity index (χ3n) is 4.87. The number of methoxy groups -OCH3 is 2. The second kappa shape index (κ2) is 7.36. The largest absolute Gasteiger partial charge is 0.497 e. The van der Waals surface area contributed by atoms with Crippen molar-refractivity contribution in [2.24, 2.45) is 11.3 Å². The first-order valence-electron chi connectivity index (χ1n) is 8.41. The van der Waals surface area contributed by atoms with Crippen LogP contribution in [0.5, 0.6) is 11.5 Å². The van der Waals surface area contributed by atoms with E-state index in [9.17, 15) is 0 Å². The Morgan fingerprint density at radius 2 is 1.95 bits per heavy atom. The third kappa shape index (κ3) is 4.39. The molecule has 0 saturated carbocycles. The molecule has 1 saturated heterocycles. The van der Waals surface area contributed by atoms with Crippen LogP contribution in [0.1, 0.15) is 45.6 Å². The zero-order chi connectivity index (χ0) is 16.2. The summed E-state index contributed by atoms with van der Waals surface area (Å²) in [7, 11) is 3.45. The van der Waals surface area contributed by atoms with Gasteiger partial charge < -0.3 is 14.8 Å². The molecule has 124 valence electrons. The minimum Gasteiger partial charge on any atom is -0.497 e. The maximum atomic E-state index is 5.53. The molecule has 0 aromatic heterocycles. The molecule has 0 aliphatic carbocycles. The predicted molar refractivity (Wildman–Crippen MR) is 91.8 cm³/mol. The molecule has 0 amide bonds. The van der Waals surface area contributed by atoms with Gasteiger partial charge in [-0.05, 0) is 60.9 Å². The van der Waals surface area contributed by atoms with Crippen LogP contribution in [0.2, 0.25) is 0 Å². The zero-order valence-electron chi connectivity index (χ0n) is 14.7. The normalized spacial score (nSPS) is 24.6. The van der Waals surface area contributed by atoms with Crippen LogP contribution >= 0.6 is 0 Å². The molecule has 2 atom stereocenters. The molecule has 1 aliphatic heterocycles. The van der Waals surface area contributed by atoms with E-state index in [1.54, 1.807) is 14.2 Å². The van der Waals surface area contributed by atoms with Crippen LogP contribution in [0, 0.1) is 11.3 Å². The predicted octanol–water partition coefficient (Wildman–Crippen LogP) is 4.05. The molecule has 1 aliphatic rings. The molecule has 2 unspecified atom stereocenters. The van der Waals surface area contributed by atoms with Gasteiger partial charge in [-0.25, -0.2) is 0 Å². The Balaban J connectivity index is 2.15. The smallest absolute Gasteiger partial charge is 0.122 e. The van der Waals surface area contributed by atoms with Crippen molar-refractivity contribution in [3.63, 3.8) is 0 Å². The van der Waals surface area contributed by atoms with Crippen molar-refractivity contribution in [1.82, 2.24) is 5.32 Å². The Labute approximate surface area is 135 Å². The molecule has 1 aromatic carbocycles. The standard InChI is InChI=1S/C19H31NO2/c1-6-14-11-19(2,3)12-16(20-13-14)9-15-10-17(21-4)7-8-18(15)22-5/h7-8,10,14,16,20H,6,9,11-13H2,1-5H3. The summed E-state index contributed by atoms with van der Waals surface area (Å²) in [4.78, 5) is 0.